The van der Waals surface area contributed by atoms with Crippen LogP contribution in [-0.2, 0) is 9.59 Å². The van der Waals surface area contributed by atoms with E-state index in [-0.39, 0.29) is 18.2 Å². The van der Waals surface area contributed by atoms with Crippen molar-refractivity contribution in [2.45, 2.75) is 19.8 Å². The van der Waals surface area contributed by atoms with E-state index in [1.165, 1.54) is 0 Å². The Morgan fingerprint density at radius 1 is 1.44 bits per heavy atom. The zero-order valence-corrected chi connectivity index (χ0v) is 9.90. The fraction of sp³-hybridized carbons (Fsp3) is 0.818. The molecule has 0 radical (unpaired) electrons. The molecule has 2 atom stereocenters. The zero-order chi connectivity index (χ0) is 12.1. The van der Waals surface area contributed by atoms with Gasteiger partial charge in [-0.2, -0.15) is 0 Å². The minimum absolute atomic E-state index is 0.0508. The minimum atomic E-state index is -0.809. The molecule has 2 unspecified atom stereocenters. The number of carboxylic acids is 1. The van der Waals surface area contributed by atoms with Crippen LogP contribution in [0.3, 0.4) is 0 Å². The van der Waals surface area contributed by atoms with Crippen LogP contribution in [0, 0.1) is 11.8 Å². The van der Waals surface area contributed by atoms with E-state index < -0.39 is 5.97 Å². The lowest BCUT2D eigenvalue weighted by Gasteiger charge is -2.22. The van der Waals surface area contributed by atoms with E-state index in [9.17, 15) is 9.59 Å². The molecule has 2 N–H and O–H groups in total. The molecule has 1 fully saturated rings. The lowest BCUT2D eigenvalue weighted by Crippen LogP contribution is -2.36. The average molecular weight is 228 g/mol. The monoisotopic (exact) mass is 228 g/mol. The lowest BCUT2D eigenvalue weighted by molar-refractivity contribution is -0.138. The molecule has 1 heterocycles. The molecule has 0 saturated carbocycles. The Balaban J connectivity index is 2.32. The van der Waals surface area contributed by atoms with Crippen molar-refractivity contribution in [3.05, 3.63) is 0 Å². The topological polar surface area (TPSA) is 69.6 Å². The van der Waals surface area contributed by atoms with Gasteiger partial charge in [-0.15, -0.1) is 0 Å². The number of carboxylic acid groups (broad SMARTS) is 1. The van der Waals surface area contributed by atoms with Gasteiger partial charge in [-0.1, -0.05) is 6.92 Å². The molecule has 16 heavy (non-hydrogen) atoms. The molecule has 92 valence electrons. The van der Waals surface area contributed by atoms with Crippen LogP contribution in [0.25, 0.3) is 0 Å². The van der Waals surface area contributed by atoms with Crippen LogP contribution >= 0.6 is 0 Å². The second kappa shape index (κ2) is 5.84. The van der Waals surface area contributed by atoms with E-state index in [1.54, 1.807) is 11.9 Å². The highest BCUT2D eigenvalue weighted by atomic mass is 16.4. The highest BCUT2D eigenvalue weighted by molar-refractivity contribution is 5.79. The van der Waals surface area contributed by atoms with Crippen LogP contribution in [0.4, 0.5) is 0 Å². The molecular formula is C11H20N2O3. The molecule has 5 heteroatoms. The Bertz CT molecular complexity index is 268. The number of nitrogens with zero attached hydrogens (tertiary/aromatic N) is 1. The minimum Gasteiger partial charge on any atom is -0.481 e. The Morgan fingerprint density at radius 3 is 2.62 bits per heavy atom. The highest BCUT2D eigenvalue weighted by Gasteiger charge is 2.31. The van der Waals surface area contributed by atoms with Gasteiger partial charge >= 0.3 is 5.97 Å². The van der Waals surface area contributed by atoms with Crippen LogP contribution in [0.5, 0.6) is 0 Å². The van der Waals surface area contributed by atoms with Crippen molar-refractivity contribution >= 4 is 11.9 Å². The van der Waals surface area contributed by atoms with Gasteiger partial charge in [-0.25, -0.2) is 0 Å². The van der Waals surface area contributed by atoms with E-state index >= 15 is 0 Å². The number of aliphatic carboxylic acids is 1. The summed E-state index contributed by atoms with van der Waals surface area (Å²) in [6, 6.07) is 0. The summed E-state index contributed by atoms with van der Waals surface area (Å²) < 4.78 is 0. The summed E-state index contributed by atoms with van der Waals surface area (Å²) in [6.45, 7) is 4.21. The number of hydrogen-bond donors (Lipinski definition) is 2. The standard InChI is InChI=1S/C11H20N2O3/c1-8-6-12-7-9(8)11(16)13(2)5-3-4-10(14)15/h8-9,12H,3-7H2,1-2H3,(H,14,15). The van der Waals surface area contributed by atoms with Gasteiger partial charge in [-0.3, -0.25) is 9.59 Å². The van der Waals surface area contributed by atoms with Crippen molar-refractivity contribution in [2.24, 2.45) is 11.8 Å². The largest absolute Gasteiger partial charge is 0.481 e. The van der Waals surface area contributed by atoms with Gasteiger partial charge in [0.2, 0.25) is 5.91 Å². The number of amides is 1. The SMILES string of the molecule is CC1CNCC1C(=O)N(C)CCCC(=O)O. The number of hydrogen-bond acceptors (Lipinski definition) is 3. The van der Waals surface area contributed by atoms with Gasteiger partial charge in [0.05, 0.1) is 5.92 Å². The smallest absolute Gasteiger partial charge is 0.303 e. The van der Waals surface area contributed by atoms with Gasteiger partial charge in [0.1, 0.15) is 0 Å². The predicted molar refractivity (Wildman–Crippen MR) is 60.0 cm³/mol. The summed E-state index contributed by atoms with van der Waals surface area (Å²) in [5.41, 5.74) is 0. The molecule has 0 aromatic heterocycles. The van der Waals surface area contributed by atoms with Crippen molar-refractivity contribution < 1.29 is 14.7 Å². The molecular weight excluding hydrogens is 208 g/mol. The molecule has 0 aliphatic carbocycles. The van der Waals surface area contributed by atoms with Crippen LogP contribution < -0.4 is 5.32 Å². The maximum Gasteiger partial charge on any atom is 0.303 e. The van der Waals surface area contributed by atoms with Gasteiger partial charge < -0.3 is 15.3 Å². The van der Waals surface area contributed by atoms with E-state index in [1.807, 2.05) is 0 Å². The molecule has 5 nitrogen and oxygen atoms in total. The molecule has 1 aliphatic rings. The fourth-order valence-corrected chi connectivity index (χ4v) is 2.00. The van der Waals surface area contributed by atoms with Crippen LogP contribution in [-0.4, -0.2) is 48.6 Å². The van der Waals surface area contributed by atoms with Gasteiger partial charge in [0.15, 0.2) is 0 Å². The Hall–Kier alpha value is -1.10. The number of carbonyl (C=O) groups excluding carboxylic acids is 1. The summed E-state index contributed by atoms with van der Waals surface area (Å²) in [5.74, 6) is -0.260. The Morgan fingerprint density at radius 2 is 2.12 bits per heavy atom. The first kappa shape index (κ1) is 13.0. The van der Waals surface area contributed by atoms with Crippen molar-refractivity contribution in [3.63, 3.8) is 0 Å². The summed E-state index contributed by atoms with van der Waals surface area (Å²) in [7, 11) is 1.75. The van der Waals surface area contributed by atoms with Crippen molar-refractivity contribution in [2.75, 3.05) is 26.7 Å². The van der Waals surface area contributed by atoms with Gasteiger partial charge in [0, 0.05) is 26.6 Å². The van der Waals surface area contributed by atoms with Crippen molar-refractivity contribution in [3.8, 4) is 0 Å². The molecule has 0 spiro atoms. The first-order valence-corrected chi connectivity index (χ1v) is 5.70. The second-order valence-corrected chi connectivity index (χ2v) is 4.50. The molecule has 0 bridgehead atoms. The molecule has 0 aromatic rings. The van der Waals surface area contributed by atoms with Gasteiger partial charge in [0.25, 0.3) is 0 Å². The predicted octanol–water partition coefficient (Wildman–Crippen LogP) is 0.165. The summed E-state index contributed by atoms with van der Waals surface area (Å²) in [4.78, 5) is 24.0. The van der Waals surface area contributed by atoms with Crippen molar-refractivity contribution in [1.82, 2.24) is 10.2 Å². The third-order valence-electron chi connectivity index (χ3n) is 3.10. The normalized spacial score (nSPS) is 24.4. The summed E-state index contributed by atoms with van der Waals surface area (Å²) in [6.07, 6.45) is 0.641. The summed E-state index contributed by atoms with van der Waals surface area (Å²) in [5, 5.41) is 11.7. The third kappa shape index (κ3) is 3.48. The quantitative estimate of drug-likeness (QED) is 0.703. The van der Waals surface area contributed by atoms with E-state index in [0.29, 0.717) is 18.9 Å². The maximum atomic E-state index is 12.0. The fourth-order valence-electron chi connectivity index (χ4n) is 2.00. The first-order chi connectivity index (χ1) is 7.52. The van der Waals surface area contributed by atoms with E-state index in [0.717, 1.165) is 13.1 Å². The lowest BCUT2D eigenvalue weighted by atomic mass is 9.97. The highest BCUT2D eigenvalue weighted by Crippen LogP contribution is 2.18. The maximum absolute atomic E-state index is 12.0. The van der Waals surface area contributed by atoms with Crippen molar-refractivity contribution in [1.29, 1.82) is 0 Å². The zero-order valence-electron chi connectivity index (χ0n) is 9.90. The average Bonchev–Trinajstić information content (AvgIpc) is 2.62. The summed E-state index contributed by atoms with van der Waals surface area (Å²) >= 11 is 0. The van der Waals surface area contributed by atoms with Crippen LogP contribution in [0.15, 0.2) is 0 Å². The van der Waals surface area contributed by atoms with Gasteiger partial charge in [-0.05, 0) is 18.9 Å². The second-order valence-electron chi connectivity index (χ2n) is 4.50. The van der Waals surface area contributed by atoms with Crippen LogP contribution in [0.1, 0.15) is 19.8 Å². The number of carbonyl (C=O) groups is 2. The molecule has 1 rings (SSSR count). The van der Waals surface area contributed by atoms with E-state index in [4.69, 9.17) is 5.11 Å². The molecule has 1 amide bonds. The first-order valence-electron chi connectivity index (χ1n) is 5.70. The Kier molecular flexibility index (Phi) is 4.73. The third-order valence-corrected chi connectivity index (χ3v) is 3.10. The molecule has 1 saturated heterocycles. The molecule has 1 aliphatic heterocycles. The van der Waals surface area contributed by atoms with Crippen LogP contribution in [0.2, 0.25) is 0 Å². The molecule has 0 aromatic carbocycles. The number of rotatable bonds is 5. The Labute approximate surface area is 95.8 Å². The number of nitrogens with one attached hydrogen (secondary N) is 1. The van der Waals surface area contributed by atoms with E-state index in [2.05, 4.69) is 12.2 Å².